The van der Waals surface area contributed by atoms with Gasteiger partial charge in [-0.2, -0.15) is 13.2 Å². The standard InChI is InChI=1S/C23H18ClF5N4O2/c1-11-6-12(23(27,28)29)7-20(31-11)33-17-4-5-30-21(35-3)13(17)8-19(33)22(34)32(2)18-9-14(24)15(25)10-16(18)26/h4-7,9-10,19H,8H2,1-3H3/t19-/m1/s1. The minimum absolute atomic E-state index is 0.0109. The number of alkyl halides is 3. The number of carbonyl (C=O) groups is 1. The third-order valence-electron chi connectivity index (χ3n) is 5.63. The predicted octanol–water partition coefficient (Wildman–Crippen LogP) is 5.47. The molecule has 2 aromatic heterocycles. The van der Waals surface area contributed by atoms with Crippen molar-refractivity contribution in [2.45, 2.75) is 25.6 Å². The zero-order valence-corrected chi connectivity index (χ0v) is 19.4. The molecular weight excluding hydrogens is 495 g/mol. The van der Waals surface area contributed by atoms with Crippen LogP contribution in [0.3, 0.4) is 0 Å². The van der Waals surface area contributed by atoms with E-state index in [2.05, 4.69) is 9.97 Å². The van der Waals surface area contributed by atoms with Crippen LogP contribution in [-0.4, -0.2) is 36.1 Å². The van der Waals surface area contributed by atoms with Crippen LogP contribution in [0.5, 0.6) is 5.88 Å². The minimum atomic E-state index is -4.65. The van der Waals surface area contributed by atoms with E-state index in [4.69, 9.17) is 16.3 Å². The third kappa shape index (κ3) is 4.47. The maximum absolute atomic E-state index is 14.5. The second-order valence-electron chi connectivity index (χ2n) is 7.88. The van der Waals surface area contributed by atoms with E-state index in [9.17, 15) is 26.7 Å². The van der Waals surface area contributed by atoms with Crippen molar-refractivity contribution in [3.63, 3.8) is 0 Å². The second kappa shape index (κ2) is 8.95. The Morgan fingerprint density at radius 3 is 2.57 bits per heavy atom. The van der Waals surface area contributed by atoms with Crippen LogP contribution < -0.4 is 14.5 Å². The molecule has 1 atom stereocenters. The number of aromatic nitrogens is 2. The quantitative estimate of drug-likeness (QED) is 0.343. The lowest BCUT2D eigenvalue weighted by Gasteiger charge is -2.30. The molecule has 4 rings (SSSR count). The number of ether oxygens (including phenoxy) is 1. The third-order valence-corrected chi connectivity index (χ3v) is 5.92. The number of hydrogen-bond acceptors (Lipinski definition) is 5. The molecule has 1 amide bonds. The lowest BCUT2D eigenvalue weighted by atomic mass is 10.1. The Bertz CT molecular complexity index is 1320. The fourth-order valence-corrected chi connectivity index (χ4v) is 4.20. The smallest absolute Gasteiger partial charge is 0.416 e. The fourth-order valence-electron chi connectivity index (χ4n) is 4.04. The molecule has 0 saturated carbocycles. The molecule has 3 heterocycles. The van der Waals surface area contributed by atoms with Gasteiger partial charge in [-0.3, -0.25) is 4.79 Å². The first-order chi connectivity index (χ1) is 16.4. The van der Waals surface area contributed by atoms with Gasteiger partial charge in [0, 0.05) is 37.0 Å². The van der Waals surface area contributed by atoms with E-state index in [0.29, 0.717) is 17.3 Å². The highest BCUT2D eigenvalue weighted by atomic mass is 35.5. The Kier molecular flexibility index (Phi) is 6.31. The molecule has 0 saturated heterocycles. The van der Waals surface area contributed by atoms with E-state index in [0.717, 1.165) is 23.1 Å². The SMILES string of the molecule is COc1nccc2c1C[C@H](C(=O)N(C)c1cc(Cl)c(F)cc1F)N2c1cc(C(F)(F)F)cc(C)n1. The number of anilines is 3. The summed E-state index contributed by atoms with van der Waals surface area (Å²) in [6.07, 6.45) is -3.27. The molecule has 35 heavy (non-hydrogen) atoms. The molecular formula is C23H18ClF5N4O2. The lowest BCUT2D eigenvalue weighted by molar-refractivity contribution is -0.137. The molecule has 3 aromatic rings. The van der Waals surface area contributed by atoms with Gasteiger partial charge in [-0.05, 0) is 31.2 Å². The van der Waals surface area contributed by atoms with Gasteiger partial charge < -0.3 is 14.5 Å². The zero-order chi connectivity index (χ0) is 25.7. The van der Waals surface area contributed by atoms with E-state index in [-0.39, 0.29) is 29.5 Å². The Hall–Kier alpha value is -3.47. The van der Waals surface area contributed by atoms with Crippen LogP contribution in [0.25, 0.3) is 0 Å². The summed E-state index contributed by atoms with van der Waals surface area (Å²) in [6.45, 7) is 1.40. The van der Waals surface area contributed by atoms with Crippen LogP contribution in [0.1, 0.15) is 16.8 Å². The molecule has 0 unspecified atom stereocenters. The number of carbonyl (C=O) groups excluding carboxylic acids is 1. The Morgan fingerprint density at radius 2 is 1.91 bits per heavy atom. The molecule has 0 spiro atoms. The van der Waals surface area contributed by atoms with Crippen molar-refractivity contribution in [3.8, 4) is 5.88 Å². The van der Waals surface area contributed by atoms with Gasteiger partial charge in [0.15, 0.2) is 0 Å². The largest absolute Gasteiger partial charge is 0.481 e. The molecule has 0 aliphatic carbocycles. The molecule has 0 N–H and O–H groups in total. The van der Waals surface area contributed by atoms with Crippen molar-refractivity contribution in [2.75, 3.05) is 24.0 Å². The minimum Gasteiger partial charge on any atom is -0.481 e. The first-order valence-electron chi connectivity index (χ1n) is 10.2. The molecule has 0 bridgehead atoms. The number of benzene rings is 1. The van der Waals surface area contributed by atoms with Crippen LogP contribution in [0, 0.1) is 18.6 Å². The average molecular weight is 513 g/mol. The summed E-state index contributed by atoms with van der Waals surface area (Å²) < 4.78 is 74.0. The number of rotatable bonds is 4. The first-order valence-corrected chi connectivity index (χ1v) is 10.6. The van der Waals surface area contributed by atoms with Crippen LogP contribution >= 0.6 is 11.6 Å². The monoisotopic (exact) mass is 512 g/mol. The van der Waals surface area contributed by atoms with Gasteiger partial charge in [0.05, 0.1) is 29.1 Å². The summed E-state index contributed by atoms with van der Waals surface area (Å²) in [4.78, 5) is 24.2. The van der Waals surface area contributed by atoms with Crippen molar-refractivity contribution < 1.29 is 31.5 Å². The highest BCUT2D eigenvalue weighted by Gasteiger charge is 2.41. The first kappa shape index (κ1) is 24.6. The summed E-state index contributed by atoms with van der Waals surface area (Å²) in [5.74, 6) is -2.67. The summed E-state index contributed by atoms with van der Waals surface area (Å²) >= 11 is 5.78. The van der Waals surface area contributed by atoms with Gasteiger partial charge in [0.25, 0.3) is 0 Å². The topological polar surface area (TPSA) is 58.6 Å². The fraction of sp³-hybridized carbons (Fsp3) is 0.261. The maximum atomic E-state index is 14.5. The molecule has 184 valence electrons. The lowest BCUT2D eigenvalue weighted by Crippen LogP contribution is -2.45. The van der Waals surface area contributed by atoms with Crippen LogP contribution in [0.4, 0.5) is 39.1 Å². The Morgan fingerprint density at radius 1 is 1.20 bits per heavy atom. The zero-order valence-electron chi connectivity index (χ0n) is 18.6. The van der Waals surface area contributed by atoms with Crippen LogP contribution in [0.2, 0.25) is 5.02 Å². The normalized spacial score (nSPS) is 15.2. The molecule has 12 heteroatoms. The maximum Gasteiger partial charge on any atom is 0.416 e. The highest BCUT2D eigenvalue weighted by molar-refractivity contribution is 6.31. The van der Waals surface area contributed by atoms with Crippen LogP contribution in [0.15, 0.2) is 36.5 Å². The van der Waals surface area contributed by atoms with Crippen molar-refractivity contribution in [2.24, 2.45) is 0 Å². The highest BCUT2D eigenvalue weighted by Crippen LogP contribution is 2.43. The van der Waals surface area contributed by atoms with Gasteiger partial charge in [0.1, 0.15) is 23.5 Å². The van der Waals surface area contributed by atoms with Crippen LogP contribution in [-0.2, 0) is 17.4 Å². The number of hydrogen-bond donors (Lipinski definition) is 0. The summed E-state index contributed by atoms with van der Waals surface area (Å²) in [7, 11) is 2.63. The number of fused-ring (bicyclic) bond motifs is 1. The average Bonchev–Trinajstić information content (AvgIpc) is 3.19. The number of pyridine rings is 2. The van der Waals surface area contributed by atoms with E-state index in [1.807, 2.05) is 0 Å². The molecule has 1 aliphatic rings. The van der Waals surface area contributed by atoms with Crippen molar-refractivity contribution in [1.82, 2.24) is 9.97 Å². The number of amides is 1. The second-order valence-corrected chi connectivity index (χ2v) is 8.28. The Labute approximate surface area is 201 Å². The molecule has 0 radical (unpaired) electrons. The van der Waals surface area contributed by atoms with Gasteiger partial charge in [-0.15, -0.1) is 0 Å². The molecule has 1 aliphatic heterocycles. The van der Waals surface area contributed by atoms with Gasteiger partial charge in [0.2, 0.25) is 11.8 Å². The summed E-state index contributed by atoms with van der Waals surface area (Å²) in [6, 6.07) is 3.64. The summed E-state index contributed by atoms with van der Waals surface area (Å²) in [5.41, 5.74) is -0.315. The number of likely N-dealkylation sites (N-methyl/N-ethyl adjacent to an activating group) is 1. The molecule has 0 fully saturated rings. The number of halogens is 6. The number of nitrogens with zero attached hydrogens (tertiary/aromatic N) is 4. The van der Waals surface area contributed by atoms with E-state index < -0.39 is 40.3 Å². The summed E-state index contributed by atoms with van der Waals surface area (Å²) in [5, 5.41) is -0.395. The van der Waals surface area contributed by atoms with Crippen molar-refractivity contribution >= 4 is 34.7 Å². The number of methoxy groups -OCH3 is 1. The molecule has 6 nitrogen and oxygen atoms in total. The number of aryl methyl sites for hydroxylation is 1. The van der Waals surface area contributed by atoms with E-state index >= 15 is 0 Å². The van der Waals surface area contributed by atoms with Gasteiger partial charge in [-0.25, -0.2) is 18.7 Å². The Balaban J connectivity index is 1.84. The van der Waals surface area contributed by atoms with Gasteiger partial charge in [-0.1, -0.05) is 11.6 Å². The predicted molar refractivity (Wildman–Crippen MR) is 119 cm³/mol. The van der Waals surface area contributed by atoms with Gasteiger partial charge >= 0.3 is 6.18 Å². The molecule has 1 aromatic carbocycles. The van der Waals surface area contributed by atoms with E-state index in [1.165, 1.54) is 38.2 Å². The van der Waals surface area contributed by atoms with Crippen molar-refractivity contribution in [3.05, 3.63) is 70.0 Å². The van der Waals surface area contributed by atoms with Crippen molar-refractivity contribution in [1.29, 1.82) is 0 Å². The van der Waals surface area contributed by atoms with E-state index in [1.54, 1.807) is 0 Å².